The van der Waals surface area contributed by atoms with Gasteiger partial charge in [0.2, 0.25) is 0 Å². The number of imidazole rings is 1. The second-order valence-corrected chi connectivity index (χ2v) is 4.73. The Morgan fingerprint density at radius 1 is 1.21 bits per heavy atom. The van der Waals surface area contributed by atoms with Crippen molar-refractivity contribution < 1.29 is 9.53 Å². The monoisotopic (exact) mass is 258 g/mol. The van der Waals surface area contributed by atoms with E-state index in [0.717, 1.165) is 5.56 Å². The predicted octanol–water partition coefficient (Wildman–Crippen LogP) is 3.06. The topological polar surface area (TPSA) is 44.1 Å². The average Bonchev–Trinajstić information content (AvgIpc) is 2.87. The van der Waals surface area contributed by atoms with E-state index in [1.807, 2.05) is 55.7 Å². The number of hydrogen-bond donors (Lipinski definition) is 0. The Balaban J connectivity index is 2.27. The van der Waals surface area contributed by atoms with Crippen LogP contribution in [0.25, 0.3) is 0 Å². The van der Waals surface area contributed by atoms with E-state index in [4.69, 9.17) is 4.74 Å². The van der Waals surface area contributed by atoms with Crippen molar-refractivity contribution in [3.63, 3.8) is 0 Å². The van der Waals surface area contributed by atoms with Gasteiger partial charge in [-0.25, -0.2) is 9.78 Å². The summed E-state index contributed by atoms with van der Waals surface area (Å²) < 4.78 is 7.05. The van der Waals surface area contributed by atoms with Gasteiger partial charge in [-0.3, -0.25) is 0 Å². The van der Waals surface area contributed by atoms with Crippen molar-refractivity contribution in [2.45, 2.75) is 32.9 Å². The summed E-state index contributed by atoms with van der Waals surface area (Å²) >= 11 is 0. The van der Waals surface area contributed by atoms with Crippen molar-refractivity contribution >= 4 is 5.97 Å². The average molecular weight is 258 g/mol. The highest BCUT2D eigenvalue weighted by Crippen LogP contribution is 2.19. The Labute approximate surface area is 113 Å². The van der Waals surface area contributed by atoms with Crippen molar-refractivity contribution in [3.05, 3.63) is 54.1 Å². The molecule has 2 aromatic rings. The van der Waals surface area contributed by atoms with Crippen LogP contribution < -0.4 is 0 Å². The molecule has 4 nitrogen and oxygen atoms in total. The molecule has 100 valence electrons. The van der Waals surface area contributed by atoms with E-state index < -0.39 is 0 Å². The van der Waals surface area contributed by atoms with Crippen LogP contribution in [-0.2, 0) is 4.74 Å². The van der Waals surface area contributed by atoms with Gasteiger partial charge in [0.15, 0.2) is 0 Å². The number of carbonyl (C=O) groups excluding carboxylic acids is 1. The summed E-state index contributed by atoms with van der Waals surface area (Å²) in [6.07, 6.45) is 3.07. The van der Waals surface area contributed by atoms with Crippen molar-refractivity contribution in [1.82, 2.24) is 9.55 Å². The summed E-state index contributed by atoms with van der Waals surface area (Å²) in [6.45, 7) is 5.70. The summed E-state index contributed by atoms with van der Waals surface area (Å²) in [5.41, 5.74) is 1.60. The maximum atomic E-state index is 12.0. The van der Waals surface area contributed by atoms with Gasteiger partial charge in [-0.1, -0.05) is 30.3 Å². The summed E-state index contributed by atoms with van der Waals surface area (Å²) in [6, 6.07) is 10.0. The summed E-state index contributed by atoms with van der Waals surface area (Å²) in [5, 5.41) is 0. The number of ether oxygens (including phenoxy) is 1. The molecule has 0 aliphatic carbocycles. The van der Waals surface area contributed by atoms with Gasteiger partial charge in [0.25, 0.3) is 0 Å². The first-order chi connectivity index (χ1) is 9.09. The molecule has 0 aliphatic rings. The Hall–Kier alpha value is -2.10. The zero-order valence-electron chi connectivity index (χ0n) is 11.4. The highest BCUT2D eigenvalue weighted by atomic mass is 16.5. The molecule has 0 bridgehead atoms. The Bertz CT molecular complexity index is 546. The van der Waals surface area contributed by atoms with Gasteiger partial charge < -0.3 is 9.30 Å². The van der Waals surface area contributed by atoms with Gasteiger partial charge in [0.1, 0.15) is 5.69 Å². The molecule has 1 aromatic heterocycles. The molecule has 1 unspecified atom stereocenters. The lowest BCUT2D eigenvalue weighted by atomic mass is 10.1. The van der Waals surface area contributed by atoms with Crippen molar-refractivity contribution in [2.24, 2.45) is 0 Å². The smallest absolute Gasteiger partial charge is 0.356 e. The first-order valence-electron chi connectivity index (χ1n) is 6.37. The van der Waals surface area contributed by atoms with Crippen LogP contribution >= 0.6 is 0 Å². The molecule has 2 rings (SSSR count). The number of rotatable bonds is 4. The number of nitrogens with zero attached hydrogens (tertiary/aromatic N) is 2. The van der Waals surface area contributed by atoms with Gasteiger partial charge >= 0.3 is 5.97 Å². The van der Waals surface area contributed by atoms with Crippen LogP contribution in [0.15, 0.2) is 42.9 Å². The number of esters is 1. The molecule has 1 atom stereocenters. The normalized spacial score (nSPS) is 12.4. The van der Waals surface area contributed by atoms with Crippen LogP contribution in [-0.4, -0.2) is 21.6 Å². The first-order valence-corrected chi connectivity index (χ1v) is 6.37. The standard InChI is InChI=1S/C15H18N2O2/c1-11(2)19-15(18)14-9-16-10-17(14)12(3)13-7-5-4-6-8-13/h4-12H,1-3H3. The second-order valence-electron chi connectivity index (χ2n) is 4.73. The molecule has 0 N–H and O–H groups in total. The number of carbonyl (C=O) groups is 1. The third-order valence-electron chi connectivity index (χ3n) is 2.92. The van der Waals surface area contributed by atoms with Crippen LogP contribution in [0, 0.1) is 0 Å². The lowest BCUT2D eigenvalue weighted by Crippen LogP contribution is -2.18. The van der Waals surface area contributed by atoms with Crippen LogP contribution in [0.5, 0.6) is 0 Å². The SMILES string of the molecule is CC(C)OC(=O)c1cncn1C(C)c1ccccc1. The van der Waals surface area contributed by atoms with E-state index in [9.17, 15) is 4.79 Å². The predicted molar refractivity (Wildman–Crippen MR) is 73.0 cm³/mol. The van der Waals surface area contributed by atoms with E-state index >= 15 is 0 Å². The number of benzene rings is 1. The molecule has 4 heteroatoms. The lowest BCUT2D eigenvalue weighted by Gasteiger charge is -2.17. The van der Waals surface area contributed by atoms with E-state index in [1.54, 1.807) is 12.5 Å². The summed E-state index contributed by atoms with van der Waals surface area (Å²) in [5.74, 6) is -0.338. The quantitative estimate of drug-likeness (QED) is 0.792. The summed E-state index contributed by atoms with van der Waals surface area (Å²) in [7, 11) is 0. The van der Waals surface area contributed by atoms with Crippen LogP contribution in [0.3, 0.4) is 0 Å². The fourth-order valence-corrected chi connectivity index (χ4v) is 1.94. The Morgan fingerprint density at radius 3 is 2.53 bits per heavy atom. The van der Waals surface area contributed by atoms with E-state index in [1.165, 1.54) is 0 Å². The Kier molecular flexibility index (Phi) is 4.00. The molecule has 0 radical (unpaired) electrons. The van der Waals surface area contributed by atoms with E-state index in [0.29, 0.717) is 5.69 Å². The largest absolute Gasteiger partial charge is 0.458 e. The maximum absolute atomic E-state index is 12.0. The van der Waals surface area contributed by atoms with Gasteiger partial charge in [-0.05, 0) is 26.3 Å². The molecule has 0 aliphatic heterocycles. The van der Waals surface area contributed by atoms with Crippen molar-refractivity contribution in [3.8, 4) is 0 Å². The highest BCUT2D eigenvalue weighted by molar-refractivity contribution is 5.87. The molecule has 1 aromatic carbocycles. The van der Waals surface area contributed by atoms with Crippen LogP contribution in [0.2, 0.25) is 0 Å². The minimum Gasteiger partial charge on any atom is -0.458 e. The molecule has 1 heterocycles. The molecule has 0 saturated carbocycles. The zero-order valence-corrected chi connectivity index (χ0v) is 11.4. The number of aromatic nitrogens is 2. The second kappa shape index (κ2) is 5.69. The summed E-state index contributed by atoms with van der Waals surface area (Å²) in [4.78, 5) is 16.0. The molecule has 0 spiro atoms. The molecular formula is C15H18N2O2. The molecule has 0 saturated heterocycles. The fourth-order valence-electron chi connectivity index (χ4n) is 1.94. The molecule has 0 amide bonds. The van der Waals surface area contributed by atoms with Crippen molar-refractivity contribution in [1.29, 1.82) is 0 Å². The lowest BCUT2D eigenvalue weighted by molar-refractivity contribution is 0.0364. The molecule has 0 fully saturated rings. The minimum absolute atomic E-state index is 0.0402. The fraction of sp³-hybridized carbons (Fsp3) is 0.333. The highest BCUT2D eigenvalue weighted by Gasteiger charge is 2.18. The molecular weight excluding hydrogens is 240 g/mol. The Morgan fingerprint density at radius 2 is 1.89 bits per heavy atom. The third-order valence-corrected chi connectivity index (χ3v) is 2.92. The number of hydrogen-bond acceptors (Lipinski definition) is 3. The first kappa shape index (κ1) is 13.3. The van der Waals surface area contributed by atoms with Crippen molar-refractivity contribution in [2.75, 3.05) is 0 Å². The van der Waals surface area contributed by atoms with Gasteiger partial charge in [-0.15, -0.1) is 0 Å². The van der Waals surface area contributed by atoms with Gasteiger partial charge in [0, 0.05) is 0 Å². The third kappa shape index (κ3) is 3.02. The zero-order chi connectivity index (χ0) is 13.8. The van der Waals surface area contributed by atoms with Gasteiger partial charge in [0.05, 0.1) is 24.7 Å². The van der Waals surface area contributed by atoms with E-state index in [-0.39, 0.29) is 18.1 Å². The molecule has 19 heavy (non-hydrogen) atoms. The van der Waals surface area contributed by atoms with Crippen LogP contribution in [0.1, 0.15) is 42.9 Å². The van der Waals surface area contributed by atoms with Crippen LogP contribution in [0.4, 0.5) is 0 Å². The minimum atomic E-state index is -0.338. The van der Waals surface area contributed by atoms with Gasteiger partial charge in [-0.2, -0.15) is 0 Å². The van der Waals surface area contributed by atoms with E-state index in [2.05, 4.69) is 4.98 Å². The maximum Gasteiger partial charge on any atom is 0.356 e.